The molecule has 1 unspecified atom stereocenters. The molecule has 0 aliphatic carbocycles. The highest BCUT2D eigenvalue weighted by Gasteiger charge is 2.11. The van der Waals surface area contributed by atoms with Gasteiger partial charge in [0.2, 0.25) is 0 Å². The third-order valence-corrected chi connectivity index (χ3v) is 3.11. The Morgan fingerprint density at radius 3 is 2.79 bits per heavy atom. The molecule has 0 fully saturated rings. The van der Waals surface area contributed by atoms with E-state index in [4.69, 9.17) is 5.73 Å². The Hall–Kier alpha value is -2.33. The molecule has 2 N–H and O–H groups in total. The van der Waals surface area contributed by atoms with Gasteiger partial charge in [0.25, 0.3) is 0 Å². The number of hydrogen-bond donors (Lipinski definition) is 1. The molecule has 0 bridgehead atoms. The van der Waals surface area contributed by atoms with Crippen LogP contribution in [0.25, 0.3) is 10.9 Å². The van der Waals surface area contributed by atoms with E-state index in [2.05, 4.69) is 27.1 Å². The summed E-state index contributed by atoms with van der Waals surface area (Å²) in [5.41, 5.74) is 9.99. The summed E-state index contributed by atoms with van der Waals surface area (Å²) in [6, 6.07) is 9.84. The average Bonchev–Trinajstić information content (AvgIpc) is 2.47. The zero-order chi connectivity index (χ0) is 13.2. The molecule has 0 aliphatic rings. The minimum atomic E-state index is -0.264. The number of nitrogens with two attached hydrogens (primary N) is 1. The average molecular weight is 250 g/mol. The summed E-state index contributed by atoms with van der Waals surface area (Å²) in [5, 5.41) is 1.09. The molecule has 0 saturated heterocycles. The van der Waals surface area contributed by atoms with Crippen molar-refractivity contribution in [3.05, 3.63) is 65.9 Å². The van der Waals surface area contributed by atoms with Crippen molar-refractivity contribution >= 4 is 10.9 Å². The summed E-state index contributed by atoms with van der Waals surface area (Å²) in [5.74, 6) is 0. The largest absolute Gasteiger partial charge is 0.319 e. The molecule has 4 nitrogen and oxygen atoms in total. The van der Waals surface area contributed by atoms with Crippen LogP contribution in [0.3, 0.4) is 0 Å². The molecule has 0 aliphatic heterocycles. The van der Waals surface area contributed by atoms with Gasteiger partial charge in [0.15, 0.2) is 0 Å². The standard InChI is InChI=1S/C15H14N4/c1-10-2-3-11-8-12(4-5-13(11)19-10)15(16)14-9-17-6-7-18-14/h2-9,15H,16H2,1H3. The van der Waals surface area contributed by atoms with Crippen molar-refractivity contribution in [2.24, 2.45) is 5.73 Å². The Labute approximate surface area is 111 Å². The van der Waals surface area contributed by atoms with Crippen molar-refractivity contribution < 1.29 is 0 Å². The molecule has 94 valence electrons. The van der Waals surface area contributed by atoms with E-state index in [1.54, 1.807) is 18.6 Å². The molecule has 1 atom stereocenters. The van der Waals surface area contributed by atoms with Gasteiger partial charge in [0.1, 0.15) is 0 Å². The van der Waals surface area contributed by atoms with Crippen LogP contribution in [0.1, 0.15) is 23.0 Å². The molecule has 3 rings (SSSR count). The van der Waals surface area contributed by atoms with Crippen LogP contribution in [0.5, 0.6) is 0 Å². The molecule has 2 aromatic heterocycles. The third-order valence-electron chi connectivity index (χ3n) is 3.11. The van der Waals surface area contributed by atoms with Gasteiger partial charge in [-0.15, -0.1) is 0 Å². The van der Waals surface area contributed by atoms with Crippen LogP contribution in [-0.2, 0) is 0 Å². The Morgan fingerprint density at radius 1 is 1.11 bits per heavy atom. The third kappa shape index (κ3) is 2.30. The lowest BCUT2D eigenvalue weighted by Crippen LogP contribution is -2.13. The van der Waals surface area contributed by atoms with Crippen molar-refractivity contribution in [1.82, 2.24) is 15.0 Å². The Kier molecular flexibility index (Phi) is 2.93. The summed E-state index contributed by atoms with van der Waals surface area (Å²) >= 11 is 0. The molecule has 3 aromatic rings. The summed E-state index contributed by atoms with van der Waals surface area (Å²) in [6.07, 6.45) is 4.99. The molecule has 19 heavy (non-hydrogen) atoms. The second-order valence-corrected chi connectivity index (χ2v) is 4.51. The van der Waals surface area contributed by atoms with Crippen molar-refractivity contribution in [2.45, 2.75) is 13.0 Å². The van der Waals surface area contributed by atoms with Crippen molar-refractivity contribution in [1.29, 1.82) is 0 Å². The van der Waals surface area contributed by atoms with E-state index in [1.807, 2.05) is 25.1 Å². The van der Waals surface area contributed by atoms with E-state index in [1.165, 1.54) is 0 Å². The zero-order valence-corrected chi connectivity index (χ0v) is 10.6. The van der Waals surface area contributed by atoms with Crippen molar-refractivity contribution in [3.8, 4) is 0 Å². The summed E-state index contributed by atoms with van der Waals surface area (Å²) < 4.78 is 0. The molecule has 0 radical (unpaired) electrons. The first-order chi connectivity index (χ1) is 9.24. The van der Waals surface area contributed by atoms with E-state index in [0.29, 0.717) is 0 Å². The van der Waals surface area contributed by atoms with E-state index in [9.17, 15) is 0 Å². The van der Waals surface area contributed by atoms with Crippen LogP contribution >= 0.6 is 0 Å². The van der Waals surface area contributed by atoms with Gasteiger partial charge in [-0.25, -0.2) is 0 Å². The van der Waals surface area contributed by atoms with E-state index in [0.717, 1.165) is 27.9 Å². The molecule has 2 heterocycles. The molecule has 0 spiro atoms. The number of hydrogen-bond acceptors (Lipinski definition) is 4. The normalized spacial score (nSPS) is 12.5. The highest BCUT2D eigenvalue weighted by atomic mass is 14.8. The number of pyridine rings is 1. The van der Waals surface area contributed by atoms with Gasteiger partial charge in [0, 0.05) is 23.5 Å². The first-order valence-corrected chi connectivity index (χ1v) is 6.13. The fraction of sp³-hybridized carbons (Fsp3) is 0.133. The van der Waals surface area contributed by atoms with Gasteiger partial charge in [-0.05, 0) is 30.7 Å². The molecule has 0 amide bonds. The molecule has 1 aromatic carbocycles. The van der Waals surface area contributed by atoms with E-state index < -0.39 is 0 Å². The summed E-state index contributed by atoms with van der Waals surface area (Å²) in [7, 11) is 0. The smallest absolute Gasteiger partial charge is 0.0799 e. The fourth-order valence-corrected chi connectivity index (χ4v) is 2.08. The maximum absolute atomic E-state index is 6.21. The van der Waals surface area contributed by atoms with Crippen LogP contribution in [0, 0.1) is 6.92 Å². The van der Waals surface area contributed by atoms with E-state index >= 15 is 0 Å². The molecule has 0 saturated carbocycles. The number of benzene rings is 1. The number of aryl methyl sites for hydroxylation is 1. The molecular formula is C15H14N4. The monoisotopic (exact) mass is 250 g/mol. The quantitative estimate of drug-likeness (QED) is 0.758. The zero-order valence-electron chi connectivity index (χ0n) is 10.6. The lowest BCUT2D eigenvalue weighted by Gasteiger charge is -2.11. The first-order valence-electron chi connectivity index (χ1n) is 6.13. The van der Waals surface area contributed by atoms with Gasteiger partial charge in [-0.3, -0.25) is 15.0 Å². The minimum Gasteiger partial charge on any atom is -0.319 e. The van der Waals surface area contributed by atoms with E-state index in [-0.39, 0.29) is 6.04 Å². The first kappa shape index (κ1) is 11.7. The topological polar surface area (TPSA) is 64.7 Å². The highest BCUT2D eigenvalue weighted by molar-refractivity contribution is 5.79. The second-order valence-electron chi connectivity index (χ2n) is 4.51. The van der Waals surface area contributed by atoms with Gasteiger partial charge >= 0.3 is 0 Å². The maximum atomic E-state index is 6.21. The van der Waals surface area contributed by atoms with Crippen LogP contribution in [-0.4, -0.2) is 15.0 Å². The van der Waals surface area contributed by atoms with Crippen molar-refractivity contribution in [3.63, 3.8) is 0 Å². The number of aromatic nitrogens is 3. The minimum absolute atomic E-state index is 0.264. The Morgan fingerprint density at radius 2 is 2.00 bits per heavy atom. The van der Waals surface area contributed by atoms with Gasteiger partial charge in [0.05, 0.1) is 23.4 Å². The fourth-order valence-electron chi connectivity index (χ4n) is 2.08. The Bertz CT molecular complexity index is 710. The number of fused-ring (bicyclic) bond motifs is 1. The summed E-state index contributed by atoms with van der Waals surface area (Å²) in [4.78, 5) is 12.8. The van der Waals surface area contributed by atoms with Crippen molar-refractivity contribution in [2.75, 3.05) is 0 Å². The lowest BCUT2D eigenvalue weighted by molar-refractivity contribution is 0.819. The van der Waals surface area contributed by atoms with Crippen LogP contribution in [0.2, 0.25) is 0 Å². The van der Waals surface area contributed by atoms with Crippen LogP contribution < -0.4 is 5.73 Å². The Balaban J connectivity index is 2.04. The second kappa shape index (κ2) is 4.74. The number of rotatable bonds is 2. The molecular weight excluding hydrogens is 236 g/mol. The molecule has 4 heteroatoms. The predicted molar refractivity (Wildman–Crippen MR) is 74.5 cm³/mol. The van der Waals surface area contributed by atoms with Gasteiger partial charge in [-0.1, -0.05) is 12.1 Å². The van der Waals surface area contributed by atoms with Crippen LogP contribution in [0.4, 0.5) is 0 Å². The SMILES string of the molecule is Cc1ccc2cc(C(N)c3cnccn3)ccc2n1. The predicted octanol–water partition coefficient (Wildman–Crippen LogP) is 2.38. The van der Waals surface area contributed by atoms with Gasteiger partial charge in [-0.2, -0.15) is 0 Å². The highest BCUT2D eigenvalue weighted by Crippen LogP contribution is 2.21. The van der Waals surface area contributed by atoms with Gasteiger partial charge < -0.3 is 5.73 Å². The lowest BCUT2D eigenvalue weighted by atomic mass is 10.0. The maximum Gasteiger partial charge on any atom is 0.0799 e. The van der Waals surface area contributed by atoms with Crippen LogP contribution in [0.15, 0.2) is 48.9 Å². The number of nitrogens with zero attached hydrogens (tertiary/aromatic N) is 3. The summed E-state index contributed by atoms with van der Waals surface area (Å²) in [6.45, 7) is 1.98.